The van der Waals surface area contributed by atoms with Crippen LogP contribution in [-0.2, 0) is 14.8 Å². The van der Waals surface area contributed by atoms with Crippen molar-refractivity contribution in [2.24, 2.45) is 0 Å². The standard InChI is InChI=1S/C25H27ClN6O5S/c1-38(35,36)31-17-12-19-21(28-14-17)22(23(37-19)25(34)29-20-9-6-16(26)13-27-20)30-24(33)15-4-7-18(8-5-15)32-10-2-3-11-32/h4,6,9,12-14,18,31H,2-3,5,7-8,10-11H2,1H3,(H,30,33)(H,27,29,34)/t18-/m0/s1. The van der Waals surface area contributed by atoms with Crippen LogP contribution in [0.3, 0.4) is 0 Å². The fourth-order valence-corrected chi connectivity index (χ4v) is 5.46. The van der Waals surface area contributed by atoms with Gasteiger partial charge in [0.1, 0.15) is 17.0 Å². The summed E-state index contributed by atoms with van der Waals surface area (Å²) >= 11 is 5.88. The lowest BCUT2D eigenvalue weighted by atomic mass is 9.93. The minimum atomic E-state index is -3.56. The van der Waals surface area contributed by atoms with Gasteiger partial charge in [0.25, 0.3) is 11.8 Å². The second-order valence-electron chi connectivity index (χ2n) is 9.42. The van der Waals surface area contributed by atoms with Gasteiger partial charge in [-0.05, 0) is 57.3 Å². The first-order chi connectivity index (χ1) is 18.2. The number of hydrogen-bond acceptors (Lipinski definition) is 8. The summed E-state index contributed by atoms with van der Waals surface area (Å²) in [5.74, 6) is -0.975. The number of sulfonamides is 1. The molecular formula is C25H27ClN6O5S. The summed E-state index contributed by atoms with van der Waals surface area (Å²) in [4.78, 5) is 37.2. The largest absolute Gasteiger partial charge is 0.447 e. The van der Waals surface area contributed by atoms with E-state index in [4.69, 9.17) is 16.0 Å². The minimum Gasteiger partial charge on any atom is -0.447 e. The fraction of sp³-hybridized carbons (Fsp3) is 0.360. The number of furan rings is 1. The maximum atomic E-state index is 13.2. The third-order valence-corrected chi connectivity index (χ3v) is 7.41. The second-order valence-corrected chi connectivity index (χ2v) is 11.6. The van der Waals surface area contributed by atoms with Gasteiger partial charge in [0, 0.05) is 23.9 Å². The SMILES string of the molecule is CS(=O)(=O)Nc1cnc2c(NC(=O)C3=CC[C@H](N4CCCC4)CC3)c(C(=O)Nc3ccc(Cl)cn3)oc2c1. The van der Waals surface area contributed by atoms with Crippen LogP contribution >= 0.6 is 11.6 Å². The Morgan fingerprint density at radius 1 is 1.11 bits per heavy atom. The maximum Gasteiger partial charge on any atom is 0.294 e. The van der Waals surface area contributed by atoms with Gasteiger partial charge >= 0.3 is 0 Å². The number of likely N-dealkylation sites (tertiary alicyclic amines) is 1. The van der Waals surface area contributed by atoms with Gasteiger partial charge in [0.15, 0.2) is 5.58 Å². The van der Waals surface area contributed by atoms with Gasteiger partial charge in [-0.1, -0.05) is 17.7 Å². The molecule has 5 rings (SSSR count). The van der Waals surface area contributed by atoms with E-state index in [0.29, 0.717) is 23.1 Å². The predicted octanol–water partition coefficient (Wildman–Crippen LogP) is 4.01. The molecule has 1 saturated heterocycles. The molecule has 38 heavy (non-hydrogen) atoms. The number of pyridine rings is 2. The van der Waals surface area contributed by atoms with E-state index >= 15 is 0 Å². The number of rotatable bonds is 7. The Hall–Kier alpha value is -3.48. The Morgan fingerprint density at radius 3 is 2.55 bits per heavy atom. The molecule has 200 valence electrons. The normalized spacial score (nSPS) is 18.3. The first-order valence-electron chi connectivity index (χ1n) is 12.2. The summed E-state index contributed by atoms with van der Waals surface area (Å²) in [6.45, 7) is 2.20. The summed E-state index contributed by atoms with van der Waals surface area (Å²) in [7, 11) is -3.56. The van der Waals surface area contributed by atoms with Crippen LogP contribution < -0.4 is 15.4 Å². The molecule has 0 aromatic carbocycles. The Morgan fingerprint density at radius 2 is 1.89 bits per heavy atom. The van der Waals surface area contributed by atoms with Crippen molar-refractivity contribution in [2.45, 2.75) is 38.1 Å². The van der Waals surface area contributed by atoms with E-state index in [-0.39, 0.29) is 40.0 Å². The second kappa shape index (κ2) is 10.7. The highest BCUT2D eigenvalue weighted by atomic mass is 35.5. The zero-order valence-corrected chi connectivity index (χ0v) is 22.2. The molecule has 11 nitrogen and oxygen atoms in total. The molecule has 0 unspecified atom stereocenters. The van der Waals surface area contributed by atoms with Gasteiger partial charge in [-0.25, -0.2) is 18.4 Å². The smallest absolute Gasteiger partial charge is 0.294 e. The van der Waals surface area contributed by atoms with E-state index in [2.05, 4.69) is 30.2 Å². The molecule has 0 spiro atoms. The van der Waals surface area contributed by atoms with Crippen molar-refractivity contribution in [3.05, 3.63) is 53.0 Å². The maximum absolute atomic E-state index is 13.2. The molecule has 2 aliphatic rings. The number of nitrogens with zero attached hydrogens (tertiary/aromatic N) is 3. The third-order valence-electron chi connectivity index (χ3n) is 6.58. The molecule has 2 amide bonds. The molecular weight excluding hydrogens is 532 g/mol. The molecule has 3 aromatic heterocycles. The zero-order valence-electron chi connectivity index (χ0n) is 20.7. The van der Waals surface area contributed by atoms with E-state index in [1.165, 1.54) is 37.4 Å². The molecule has 0 bridgehead atoms. The summed E-state index contributed by atoms with van der Waals surface area (Å²) in [5.41, 5.74) is 1.20. The topological polar surface area (TPSA) is 147 Å². The van der Waals surface area contributed by atoms with Crippen LogP contribution in [-0.4, -0.2) is 60.5 Å². The zero-order chi connectivity index (χ0) is 26.9. The predicted molar refractivity (Wildman–Crippen MR) is 145 cm³/mol. The molecule has 3 N–H and O–H groups in total. The van der Waals surface area contributed by atoms with Crippen molar-refractivity contribution in [1.82, 2.24) is 14.9 Å². The van der Waals surface area contributed by atoms with Gasteiger partial charge in [-0.2, -0.15) is 0 Å². The molecule has 1 atom stereocenters. The fourth-order valence-electron chi connectivity index (χ4n) is 4.81. The van der Waals surface area contributed by atoms with Gasteiger partial charge in [-0.3, -0.25) is 14.3 Å². The number of aromatic nitrogens is 2. The monoisotopic (exact) mass is 558 g/mol. The highest BCUT2D eigenvalue weighted by molar-refractivity contribution is 7.92. The van der Waals surface area contributed by atoms with E-state index in [1.54, 1.807) is 6.07 Å². The molecule has 3 aromatic rings. The summed E-state index contributed by atoms with van der Waals surface area (Å²) in [6.07, 6.45) is 10.4. The molecule has 0 radical (unpaired) electrons. The number of nitrogens with one attached hydrogen (secondary N) is 3. The van der Waals surface area contributed by atoms with Crippen molar-refractivity contribution in [3.63, 3.8) is 0 Å². The lowest BCUT2D eigenvalue weighted by molar-refractivity contribution is -0.113. The van der Waals surface area contributed by atoms with Crippen LogP contribution in [0.25, 0.3) is 11.1 Å². The molecule has 1 aliphatic carbocycles. The molecule has 1 fully saturated rings. The average Bonchev–Trinajstić information content (AvgIpc) is 3.53. The van der Waals surface area contributed by atoms with Gasteiger partial charge in [0.05, 0.1) is 23.2 Å². The van der Waals surface area contributed by atoms with Crippen molar-refractivity contribution < 1.29 is 22.4 Å². The van der Waals surface area contributed by atoms with E-state index in [0.717, 1.165) is 32.2 Å². The molecule has 4 heterocycles. The first kappa shape index (κ1) is 26.1. The van der Waals surface area contributed by atoms with E-state index in [1.807, 2.05) is 6.08 Å². The van der Waals surface area contributed by atoms with Crippen LogP contribution in [0.15, 0.2) is 46.7 Å². The number of carbonyl (C=O) groups excluding carboxylic acids is 2. The van der Waals surface area contributed by atoms with E-state index < -0.39 is 15.9 Å². The highest BCUT2D eigenvalue weighted by Crippen LogP contribution is 2.33. The summed E-state index contributed by atoms with van der Waals surface area (Å²) in [5, 5.41) is 5.83. The first-order valence-corrected chi connectivity index (χ1v) is 14.5. The number of hydrogen-bond donors (Lipinski definition) is 3. The minimum absolute atomic E-state index is 0.0879. The lowest BCUT2D eigenvalue weighted by Crippen LogP contribution is -2.34. The van der Waals surface area contributed by atoms with Crippen molar-refractivity contribution >= 4 is 61.7 Å². The van der Waals surface area contributed by atoms with Crippen LogP contribution in [0.2, 0.25) is 5.02 Å². The van der Waals surface area contributed by atoms with Crippen LogP contribution in [0.4, 0.5) is 17.2 Å². The Kier molecular flexibility index (Phi) is 7.37. The molecule has 1 aliphatic heterocycles. The number of halogens is 1. The van der Waals surface area contributed by atoms with Crippen molar-refractivity contribution in [1.29, 1.82) is 0 Å². The number of amides is 2. The van der Waals surface area contributed by atoms with Gasteiger partial charge in [-0.15, -0.1) is 0 Å². The third kappa shape index (κ3) is 5.98. The summed E-state index contributed by atoms with van der Waals surface area (Å²) in [6, 6.07) is 4.94. The molecule has 13 heteroatoms. The van der Waals surface area contributed by atoms with Crippen LogP contribution in [0.1, 0.15) is 42.7 Å². The Balaban J connectivity index is 1.43. The highest BCUT2D eigenvalue weighted by Gasteiger charge is 2.28. The number of carbonyl (C=O) groups is 2. The number of fused-ring (bicyclic) bond motifs is 1. The van der Waals surface area contributed by atoms with Gasteiger partial charge < -0.3 is 20.0 Å². The van der Waals surface area contributed by atoms with Crippen LogP contribution in [0, 0.1) is 0 Å². The lowest BCUT2D eigenvalue weighted by Gasteiger charge is -2.29. The van der Waals surface area contributed by atoms with Crippen molar-refractivity contribution in [3.8, 4) is 0 Å². The quantitative estimate of drug-likeness (QED) is 0.394. The average molecular weight is 559 g/mol. The van der Waals surface area contributed by atoms with Crippen molar-refractivity contribution in [2.75, 3.05) is 34.7 Å². The summed E-state index contributed by atoms with van der Waals surface area (Å²) < 4.78 is 31.4. The number of anilines is 3. The van der Waals surface area contributed by atoms with Gasteiger partial charge in [0.2, 0.25) is 15.8 Å². The Bertz CT molecular complexity index is 1510. The van der Waals surface area contributed by atoms with E-state index in [9.17, 15) is 18.0 Å². The Labute approximate surface area is 224 Å². The van der Waals surface area contributed by atoms with Crippen LogP contribution in [0.5, 0.6) is 0 Å². The molecule has 0 saturated carbocycles.